The summed E-state index contributed by atoms with van der Waals surface area (Å²) in [7, 11) is 4.10. The van der Waals surface area contributed by atoms with Crippen LogP contribution in [0, 0.1) is 0 Å². The van der Waals surface area contributed by atoms with Gasteiger partial charge in [-0.2, -0.15) is 0 Å². The van der Waals surface area contributed by atoms with Crippen LogP contribution in [0.1, 0.15) is 5.69 Å². The van der Waals surface area contributed by atoms with Crippen molar-refractivity contribution in [2.45, 2.75) is 6.54 Å². The zero-order chi connectivity index (χ0) is 12.1. The molecule has 17 heavy (non-hydrogen) atoms. The van der Waals surface area contributed by atoms with Crippen LogP contribution in [0.3, 0.4) is 0 Å². The van der Waals surface area contributed by atoms with E-state index >= 15 is 0 Å². The number of pyridine rings is 1. The third-order valence-corrected chi connectivity index (χ3v) is 2.92. The second-order valence-electron chi connectivity index (χ2n) is 4.32. The highest BCUT2D eigenvalue weighted by Crippen LogP contribution is 2.17. The van der Waals surface area contributed by atoms with Crippen LogP contribution >= 0.6 is 0 Å². The Bertz CT molecular complexity index is 476. The molecule has 0 amide bonds. The Morgan fingerprint density at radius 3 is 2.88 bits per heavy atom. The van der Waals surface area contributed by atoms with Crippen molar-refractivity contribution >= 4 is 10.8 Å². The maximum atomic E-state index is 4.49. The van der Waals surface area contributed by atoms with E-state index in [1.807, 2.05) is 13.2 Å². The maximum Gasteiger partial charge on any atom is 0.0622 e. The van der Waals surface area contributed by atoms with Gasteiger partial charge in [0.25, 0.3) is 0 Å². The number of rotatable bonds is 5. The summed E-state index contributed by atoms with van der Waals surface area (Å²) in [5.74, 6) is 0. The van der Waals surface area contributed by atoms with Crippen LogP contribution in [0.2, 0.25) is 0 Å². The van der Waals surface area contributed by atoms with Gasteiger partial charge in [0.2, 0.25) is 0 Å². The summed E-state index contributed by atoms with van der Waals surface area (Å²) in [6.45, 7) is 2.92. The van der Waals surface area contributed by atoms with E-state index in [0.717, 1.165) is 25.3 Å². The molecule has 0 bridgehead atoms. The third-order valence-electron chi connectivity index (χ3n) is 2.92. The Balaban J connectivity index is 2.18. The lowest BCUT2D eigenvalue weighted by Gasteiger charge is -2.16. The summed E-state index contributed by atoms with van der Waals surface area (Å²) in [6.07, 6.45) is 1.89. The molecule has 0 aliphatic rings. The Kier molecular flexibility index (Phi) is 4.07. The highest BCUT2D eigenvalue weighted by Gasteiger charge is 2.04. The van der Waals surface area contributed by atoms with Crippen LogP contribution in [-0.4, -0.2) is 37.1 Å². The van der Waals surface area contributed by atoms with Crippen molar-refractivity contribution in [3.05, 3.63) is 42.2 Å². The first-order chi connectivity index (χ1) is 8.31. The Morgan fingerprint density at radius 2 is 2.06 bits per heavy atom. The third kappa shape index (κ3) is 3.02. The summed E-state index contributed by atoms with van der Waals surface area (Å²) in [5, 5.41) is 5.68. The second-order valence-corrected chi connectivity index (χ2v) is 4.32. The summed E-state index contributed by atoms with van der Waals surface area (Å²) in [6, 6.07) is 10.5. The SMILES string of the molecule is CNCCN(C)Cc1nccc2ccccc12. The van der Waals surface area contributed by atoms with Crippen molar-refractivity contribution in [1.29, 1.82) is 0 Å². The molecule has 0 aliphatic heterocycles. The van der Waals surface area contributed by atoms with Crippen LogP contribution in [0.4, 0.5) is 0 Å². The van der Waals surface area contributed by atoms with Crippen LogP contribution in [0.15, 0.2) is 36.5 Å². The molecule has 2 aromatic rings. The number of hydrogen-bond donors (Lipinski definition) is 1. The fourth-order valence-corrected chi connectivity index (χ4v) is 1.95. The van der Waals surface area contributed by atoms with Crippen molar-refractivity contribution in [2.24, 2.45) is 0 Å². The van der Waals surface area contributed by atoms with Crippen molar-refractivity contribution < 1.29 is 0 Å². The van der Waals surface area contributed by atoms with Gasteiger partial charge in [-0.3, -0.25) is 9.88 Å². The molecule has 0 fully saturated rings. The first-order valence-electron chi connectivity index (χ1n) is 5.97. The molecule has 0 spiro atoms. The van der Waals surface area contributed by atoms with Crippen molar-refractivity contribution in [3.8, 4) is 0 Å². The minimum Gasteiger partial charge on any atom is -0.318 e. The second kappa shape index (κ2) is 5.75. The van der Waals surface area contributed by atoms with Crippen LogP contribution in [0.25, 0.3) is 10.8 Å². The number of likely N-dealkylation sites (N-methyl/N-ethyl adjacent to an activating group) is 2. The number of nitrogens with one attached hydrogen (secondary N) is 1. The quantitative estimate of drug-likeness (QED) is 0.848. The molecule has 0 unspecified atom stereocenters. The molecule has 0 saturated carbocycles. The molecule has 0 aliphatic carbocycles. The van der Waals surface area contributed by atoms with Gasteiger partial charge in [-0.25, -0.2) is 0 Å². The van der Waals surface area contributed by atoms with Crippen molar-refractivity contribution in [1.82, 2.24) is 15.2 Å². The van der Waals surface area contributed by atoms with E-state index in [1.165, 1.54) is 10.8 Å². The van der Waals surface area contributed by atoms with E-state index < -0.39 is 0 Å². The number of aromatic nitrogens is 1. The fourth-order valence-electron chi connectivity index (χ4n) is 1.95. The maximum absolute atomic E-state index is 4.49. The Labute approximate surface area is 102 Å². The summed E-state index contributed by atoms with van der Waals surface area (Å²) in [5.41, 5.74) is 1.15. The fraction of sp³-hybridized carbons (Fsp3) is 0.357. The molecular weight excluding hydrogens is 210 g/mol. The smallest absolute Gasteiger partial charge is 0.0622 e. The van der Waals surface area contributed by atoms with Crippen molar-refractivity contribution in [3.63, 3.8) is 0 Å². The van der Waals surface area contributed by atoms with Gasteiger partial charge in [-0.15, -0.1) is 0 Å². The summed E-state index contributed by atoms with van der Waals surface area (Å²) >= 11 is 0. The number of fused-ring (bicyclic) bond motifs is 1. The number of benzene rings is 1. The average Bonchev–Trinajstić information content (AvgIpc) is 2.37. The van der Waals surface area contributed by atoms with Crippen LogP contribution < -0.4 is 5.32 Å². The Morgan fingerprint density at radius 1 is 1.24 bits per heavy atom. The normalized spacial score (nSPS) is 11.2. The average molecular weight is 229 g/mol. The molecule has 1 heterocycles. The zero-order valence-electron chi connectivity index (χ0n) is 10.5. The molecule has 90 valence electrons. The summed E-state index contributed by atoms with van der Waals surface area (Å²) in [4.78, 5) is 6.78. The minimum absolute atomic E-state index is 0.892. The molecule has 2 rings (SSSR count). The highest BCUT2D eigenvalue weighted by atomic mass is 15.1. The molecule has 3 nitrogen and oxygen atoms in total. The summed E-state index contributed by atoms with van der Waals surface area (Å²) < 4.78 is 0. The highest BCUT2D eigenvalue weighted by molar-refractivity contribution is 5.84. The molecular formula is C14H19N3. The first-order valence-corrected chi connectivity index (χ1v) is 5.97. The topological polar surface area (TPSA) is 28.2 Å². The lowest BCUT2D eigenvalue weighted by atomic mass is 10.1. The predicted octanol–water partition coefficient (Wildman–Crippen LogP) is 1.89. The minimum atomic E-state index is 0.892. The van der Waals surface area contributed by atoms with E-state index in [-0.39, 0.29) is 0 Å². The molecule has 0 saturated heterocycles. The van der Waals surface area contributed by atoms with Crippen molar-refractivity contribution in [2.75, 3.05) is 27.2 Å². The predicted molar refractivity (Wildman–Crippen MR) is 72.0 cm³/mol. The van der Waals surface area contributed by atoms with Crippen LogP contribution in [0.5, 0.6) is 0 Å². The lowest BCUT2D eigenvalue weighted by Crippen LogP contribution is -2.27. The Hall–Kier alpha value is -1.45. The zero-order valence-corrected chi connectivity index (χ0v) is 10.5. The van der Waals surface area contributed by atoms with Gasteiger partial charge < -0.3 is 5.32 Å². The van der Waals surface area contributed by atoms with Gasteiger partial charge in [0.05, 0.1) is 5.69 Å². The van der Waals surface area contributed by atoms with Gasteiger partial charge >= 0.3 is 0 Å². The van der Waals surface area contributed by atoms with E-state index in [4.69, 9.17) is 0 Å². The van der Waals surface area contributed by atoms with Gasteiger partial charge in [0.15, 0.2) is 0 Å². The van der Waals surface area contributed by atoms with Gasteiger partial charge in [0, 0.05) is 31.2 Å². The lowest BCUT2D eigenvalue weighted by molar-refractivity contribution is 0.325. The van der Waals surface area contributed by atoms with Gasteiger partial charge in [-0.1, -0.05) is 24.3 Å². The van der Waals surface area contributed by atoms with E-state index in [1.54, 1.807) is 0 Å². The van der Waals surface area contributed by atoms with E-state index in [0.29, 0.717) is 0 Å². The molecule has 1 aromatic heterocycles. The number of hydrogen-bond acceptors (Lipinski definition) is 3. The molecule has 1 aromatic carbocycles. The first kappa shape index (κ1) is 12.0. The standard InChI is InChI=1S/C14H19N3/c1-15-9-10-17(2)11-14-13-6-4-3-5-12(13)7-8-16-14/h3-8,15H,9-11H2,1-2H3. The molecule has 1 N–H and O–H groups in total. The van der Waals surface area contributed by atoms with E-state index in [9.17, 15) is 0 Å². The van der Waals surface area contributed by atoms with Gasteiger partial charge in [-0.05, 0) is 25.5 Å². The van der Waals surface area contributed by atoms with E-state index in [2.05, 4.69) is 52.6 Å². The molecule has 3 heteroatoms. The monoisotopic (exact) mass is 229 g/mol. The number of nitrogens with zero attached hydrogens (tertiary/aromatic N) is 2. The largest absolute Gasteiger partial charge is 0.318 e. The molecule has 0 atom stereocenters. The van der Waals surface area contributed by atoms with Crippen LogP contribution in [-0.2, 0) is 6.54 Å². The van der Waals surface area contributed by atoms with Gasteiger partial charge in [0.1, 0.15) is 0 Å². The molecule has 0 radical (unpaired) electrons.